The number of nitrogen functional groups attached to an aromatic ring is 1. The number of ether oxygens (including phenoxy) is 1. The summed E-state index contributed by atoms with van der Waals surface area (Å²) in [5, 5.41) is 18.9. The summed E-state index contributed by atoms with van der Waals surface area (Å²) in [7, 11) is 0. The van der Waals surface area contributed by atoms with Gasteiger partial charge in [-0.1, -0.05) is 18.2 Å². The molecule has 0 bridgehead atoms. The fourth-order valence-corrected chi connectivity index (χ4v) is 6.71. The average Bonchev–Trinajstić information content (AvgIpc) is 3.44. The number of rotatable bonds is 7. The minimum atomic E-state index is -0.534. The van der Waals surface area contributed by atoms with E-state index in [1.165, 1.54) is 12.4 Å². The summed E-state index contributed by atoms with van der Waals surface area (Å²) in [6.07, 6.45) is 4.56. The first-order chi connectivity index (χ1) is 22.5. The first-order valence-electron chi connectivity index (χ1n) is 16.0. The number of nitrogens with one attached hydrogen (secondary N) is 1. The first kappa shape index (κ1) is 32.1. The largest absolute Gasteiger partial charge is 0.457 e. The second-order valence-corrected chi connectivity index (χ2v) is 13.1. The Morgan fingerprint density at radius 1 is 1.11 bits per heavy atom. The van der Waals surface area contributed by atoms with E-state index in [1.807, 2.05) is 32.0 Å². The number of benzene rings is 2. The molecule has 2 aliphatic heterocycles. The summed E-state index contributed by atoms with van der Waals surface area (Å²) in [5.74, 6) is 0.268. The Bertz CT molecular complexity index is 1840. The van der Waals surface area contributed by atoms with Crippen molar-refractivity contribution in [1.29, 1.82) is 5.26 Å². The van der Waals surface area contributed by atoms with Gasteiger partial charge in [0.2, 0.25) is 0 Å². The molecule has 0 radical (unpaired) electrons. The molecule has 4 aromatic rings. The van der Waals surface area contributed by atoms with E-state index in [9.17, 15) is 10.1 Å². The van der Waals surface area contributed by atoms with Gasteiger partial charge in [0.15, 0.2) is 5.65 Å². The molecule has 12 heteroatoms. The fourth-order valence-electron chi connectivity index (χ4n) is 6.71. The molecule has 6 rings (SSSR count). The van der Waals surface area contributed by atoms with Crippen molar-refractivity contribution in [2.24, 2.45) is 0 Å². The number of anilines is 1. The predicted molar refractivity (Wildman–Crippen MR) is 178 cm³/mol. The van der Waals surface area contributed by atoms with E-state index in [4.69, 9.17) is 15.6 Å². The summed E-state index contributed by atoms with van der Waals surface area (Å²) >= 11 is 0. The van der Waals surface area contributed by atoms with Crippen molar-refractivity contribution < 1.29 is 13.9 Å². The SMILES string of the molecule is C[C@@H]1CN(C(C)(C)C=C(C#N)C(=O)N2CCC[C@@H](n3nc(-c4ccc(Oc5ccccc5)cc4F)c4c(N)ncnc43)C2)C[C@H](C)N1. The van der Waals surface area contributed by atoms with E-state index in [1.54, 1.807) is 39.9 Å². The van der Waals surface area contributed by atoms with Gasteiger partial charge in [0.1, 0.15) is 46.8 Å². The number of hydrogen-bond acceptors (Lipinski definition) is 9. The Morgan fingerprint density at radius 2 is 1.85 bits per heavy atom. The van der Waals surface area contributed by atoms with Crippen LogP contribution in [0.3, 0.4) is 0 Å². The Balaban J connectivity index is 1.27. The second-order valence-electron chi connectivity index (χ2n) is 13.1. The number of halogens is 1. The monoisotopic (exact) mass is 637 g/mol. The normalized spacial score (nSPS) is 21.1. The lowest BCUT2D eigenvalue weighted by Crippen LogP contribution is -2.59. The molecule has 0 saturated carbocycles. The minimum absolute atomic E-state index is 0.118. The van der Waals surface area contributed by atoms with Crippen LogP contribution in [-0.2, 0) is 4.79 Å². The molecule has 47 heavy (non-hydrogen) atoms. The van der Waals surface area contributed by atoms with E-state index >= 15 is 4.39 Å². The molecule has 11 nitrogen and oxygen atoms in total. The Kier molecular flexibility index (Phi) is 8.94. The summed E-state index contributed by atoms with van der Waals surface area (Å²) in [6.45, 7) is 10.8. The average molecular weight is 638 g/mol. The zero-order valence-electron chi connectivity index (χ0n) is 27.2. The van der Waals surface area contributed by atoms with Crippen LogP contribution in [0.1, 0.15) is 46.6 Å². The lowest BCUT2D eigenvalue weighted by atomic mass is 9.95. The molecule has 2 aromatic carbocycles. The lowest BCUT2D eigenvalue weighted by Gasteiger charge is -2.44. The van der Waals surface area contributed by atoms with Gasteiger partial charge in [0.25, 0.3) is 5.91 Å². The standard InChI is InChI=1S/C35H40FN9O2/c1-22-18-44(19-23(2)41-22)35(3,4)16-24(17-37)34(46)43-14-8-9-25(20-43)45-33-30(32(38)39-21-40-33)31(42-45)28-13-12-27(15-29(28)36)47-26-10-6-5-7-11-26/h5-7,10-13,15-16,21-23,25,41H,8-9,14,18-20H2,1-4H3,(H2,38,39,40)/t22-,23+,25-/m1/s1. The van der Waals surface area contributed by atoms with Crippen molar-refractivity contribution in [2.45, 2.75) is 64.2 Å². The van der Waals surface area contributed by atoms with Gasteiger partial charge in [-0.3, -0.25) is 9.69 Å². The third kappa shape index (κ3) is 6.68. The maximum Gasteiger partial charge on any atom is 0.264 e. The van der Waals surface area contributed by atoms with E-state index in [2.05, 4.69) is 40.1 Å². The van der Waals surface area contributed by atoms with Gasteiger partial charge in [-0.25, -0.2) is 19.0 Å². The summed E-state index contributed by atoms with van der Waals surface area (Å²) in [6, 6.07) is 16.2. The Hall–Kier alpha value is -4.86. The maximum atomic E-state index is 15.7. The molecule has 0 aliphatic carbocycles. The number of para-hydroxylation sites is 1. The van der Waals surface area contributed by atoms with Crippen molar-refractivity contribution in [2.75, 3.05) is 31.9 Å². The fraction of sp³-hybridized carbons (Fsp3) is 0.400. The molecule has 0 spiro atoms. The number of fused-ring (bicyclic) bond motifs is 1. The molecular formula is C35H40FN9O2. The molecular weight excluding hydrogens is 597 g/mol. The summed E-state index contributed by atoms with van der Waals surface area (Å²) in [4.78, 5) is 26.5. The van der Waals surface area contributed by atoms with Crippen molar-refractivity contribution in [1.82, 2.24) is 34.9 Å². The zero-order valence-corrected chi connectivity index (χ0v) is 27.2. The zero-order chi connectivity index (χ0) is 33.3. The van der Waals surface area contributed by atoms with Gasteiger partial charge in [0.05, 0.1) is 11.4 Å². The molecule has 2 saturated heterocycles. The summed E-state index contributed by atoms with van der Waals surface area (Å²) in [5.41, 5.74) is 6.94. The lowest BCUT2D eigenvalue weighted by molar-refractivity contribution is -0.128. The number of hydrogen-bond donors (Lipinski definition) is 2. The Morgan fingerprint density at radius 3 is 2.55 bits per heavy atom. The van der Waals surface area contributed by atoms with Crippen LogP contribution in [0.5, 0.6) is 11.5 Å². The van der Waals surface area contributed by atoms with Crippen LogP contribution >= 0.6 is 0 Å². The topological polar surface area (TPSA) is 138 Å². The number of carbonyl (C=O) groups is 1. The van der Waals surface area contributed by atoms with Crippen LogP contribution in [0, 0.1) is 17.1 Å². The van der Waals surface area contributed by atoms with Gasteiger partial charge < -0.3 is 20.7 Å². The third-order valence-corrected chi connectivity index (χ3v) is 8.94. The molecule has 3 atom stereocenters. The van der Waals surface area contributed by atoms with Crippen LogP contribution in [0.15, 0.2) is 66.5 Å². The molecule has 244 valence electrons. The Labute approximate surface area is 273 Å². The quantitative estimate of drug-likeness (QED) is 0.210. The number of piperidine rings is 1. The second kappa shape index (κ2) is 13.1. The number of carbonyl (C=O) groups excluding carboxylic acids is 1. The van der Waals surface area contributed by atoms with Crippen molar-refractivity contribution in [3.63, 3.8) is 0 Å². The van der Waals surface area contributed by atoms with E-state index in [-0.39, 0.29) is 28.9 Å². The number of nitriles is 1. The molecule has 2 aliphatic rings. The van der Waals surface area contributed by atoms with Crippen molar-refractivity contribution in [3.05, 3.63) is 72.3 Å². The number of nitrogens with two attached hydrogens (primary N) is 1. The highest BCUT2D eigenvalue weighted by Gasteiger charge is 2.34. The van der Waals surface area contributed by atoms with E-state index in [0.29, 0.717) is 66.2 Å². The number of piperazine rings is 1. The number of likely N-dealkylation sites (tertiary alicyclic amines) is 1. The van der Waals surface area contributed by atoms with Crippen LogP contribution in [0.25, 0.3) is 22.3 Å². The highest BCUT2D eigenvalue weighted by atomic mass is 19.1. The number of aromatic nitrogens is 4. The highest BCUT2D eigenvalue weighted by Crippen LogP contribution is 2.36. The molecule has 4 heterocycles. The highest BCUT2D eigenvalue weighted by molar-refractivity contribution is 5.99. The number of amides is 1. The van der Waals surface area contributed by atoms with Crippen LogP contribution < -0.4 is 15.8 Å². The van der Waals surface area contributed by atoms with Gasteiger partial charge >= 0.3 is 0 Å². The maximum absolute atomic E-state index is 15.7. The smallest absolute Gasteiger partial charge is 0.264 e. The van der Waals surface area contributed by atoms with Crippen LogP contribution in [0.4, 0.5) is 10.2 Å². The number of nitrogens with zero attached hydrogens (tertiary/aromatic N) is 7. The van der Waals surface area contributed by atoms with Crippen LogP contribution in [-0.4, -0.2) is 79.3 Å². The van der Waals surface area contributed by atoms with E-state index in [0.717, 1.165) is 13.1 Å². The van der Waals surface area contributed by atoms with Gasteiger partial charge in [-0.05, 0) is 70.9 Å². The van der Waals surface area contributed by atoms with Crippen molar-refractivity contribution in [3.8, 4) is 28.8 Å². The molecule has 2 fully saturated rings. The molecule has 2 aromatic heterocycles. The minimum Gasteiger partial charge on any atom is -0.457 e. The molecule has 3 N–H and O–H groups in total. The first-order valence-corrected chi connectivity index (χ1v) is 16.0. The van der Waals surface area contributed by atoms with Crippen LogP contribution in [0.2, 0.25) is 0 Å². The van der Waals surface area contributed by atoms with Gasteiger partial charge in [-0.2, -0.15) is 10.4 Å². The molecule has 0 unspecified atom stereocenters. The van der Waals surface area contributed by atoms with Crippen molar-refractivity contribution >= 4 is 22.8 Å². The predicted octanol–water partition coefficient (Wildman–Crippen LogP) is 5.08. The third-order valence-electron chi connectivity index (χ3n) is 8.94. The molecule has 1 amide bonds. The van der Waals surface area contributed by atoms with E-state index < -0.39 is 11.4 Å². The van der Waals surface area contributed by atoms with Gasteiger partial charge in [-0.15, -0.1) is 0 Å². The summed E-state index contributed by atoms with van der Waals surface area (Å²) < 4.78 is 23.2. The van der Waals surface area contributed by atoms with Gasteiger partial charge in [0, 0.05) is 55.4 Å².